The summed E-state index contributed by atoms with van der Waals surface area (Å²) in [4.78, 5) is 22.4. The summed E-state index contributed by atoms with van der Waals surface area (Å²) in [5, 5.41) is 19.7. The first-order valence-electron chi connectivity index (χ1n) is 7.19. The standard InChI is InChI=1S/C14H20N4O4.ClH/c1-10-13(16-8-9-22-10)14(19)17-7-6-15-11-4-2-3-5-12(11)18(20)21;/h2-5,10,13,15-16H,6-9H2,1H3,(H,17,19);1H/t10-,13+;/m1./s1. The van der Waals surface area contributed by atoms with E-state index in [0.29, 0.717) is 31.9 Å². The Bertz CT molecular complexity index is 543. The van der Waals surface area contributed by atoms with E-state index in [1.807, 2.05) is 6.92 Å². The Hall–Kier alpha value is -1.90. The highest BCUT2D eigenvalue weighted by molar-refractivity contribution is 5.85. The molecule has 0 saturated carbocycles. The largest absolute Gasteiger partial charge is 0.378 e. The number of ether oxygens (including phenoxy) is 1. The molecule has 1 aliphatic heterocycles. The second-order valence-electron chi connectivity index (χ2n) is 5.00. The van der Waals surface area contributed by atoms with Crippen LogP contribution >= 0.6 is 12.4 Å². The van der Waals surface area contributed by atoms with Crippen LogP contribution in [0.1, 0.15) is 6.92 Å². The van der Waals surface area contributed by atoms with Crippen molar-refractivity contribution in [3.8, 4) is 0 Å². The maximum Gasteiger partial charge on any atom is 0.292 e. The van der Waals surface area contributed by atoms with E-state index in [9.17, 15) is 14.9 Å². The van der Waals surface area contributed by atoms with Crippen LogP contribution in [0.3, 0.4) is 0 Å². The van der Waals surface area contributed by atoms with E-state index in [-0.39, 0.29) is 36.1 Å². The minimum atomic E-state index is -0.439. The van der Waals surface area contributed by atoms with Crippen LogP contribution in [0.5, 0.6) is 0 Å². The van der Waals surface area contributed by atoms with Crippen LogP contribution in [0, 0.1) is 10.1 Å². The number of nitrogens with zero attached hydrogens (tertiary/aromatic N) is 1. The molecule has 1 aromatic carbocycles. The number of halogens is 1. The number of morpholine rings is 1. The van der Waals surface area contributed by atoms with Crippen LogP contribution in [0.15, 0.2) is 24.3 Å². The number of para-hydroxylation sites is 2. The van der Waals surface area contributed by atoms with Gasteiger partial charge in [0.05, 0.1) is 17.6 Å². The quantitative estimate of drug-likeness (QED) is 0.402. The Kier molecular flexibility index (Phi) is 7.73. The van der Waals surface area contributed by atoms with Crippen LogP contribution in [0.2, 0.25) is 0 Å². The summed E-state index contributed by atoms with van der Waals surface area (Å²) in [6, 6.07) is 6.05. The molecular formula is C14H21ClN4O4. The monoisotopic (exact) mass is 344 g/mol. The predicted octanol–water partition coefficient (Wildman–Crippen LogP) is 0.922. The van der Waals surface area contributed by atoms with Crippen LogP contribution in [0.4, 0.5) is 11.4 Å². The van der Waals surface area contributed by atoms with Crippen LogP contribution in [-0.2, 0) is 9.53 Å². The zero-order chi connectivity index (χ0) is 15.9. The molecule has 0 unspecified atom stereocenters. The highest BCUT2D eigenvalue weighted by Gasteiger charge is 2.27. The number of nitro groups is 1. The smallest absolute Gasteiger partial charge is 0.292 e. The molecule has 2 rings (SSSR count). The van der Waals surface area contributed by atoms with Crippen LogP contribution in [0.25, 0.3) is 0 Å². The lowest BCUT2D eigenvalue weighted by Crippen LogP contribution is -2.55. The van der Waals surface area contributed by atoms with Gasteiger partial charge in [-0.2, -0.15) is 0 Å². The second-order valence-corrected chi connectivity index (χ2v) is 5.00. The van der Waals surface area contributed by atoms with Gasteiger partial charge in [0.1, 0.15) is 11.7 Å². The molecule has 2 atom stereocenters. The third-order valence-corrected chi connectivity index (χ3v) is 3.44. The molecule has 1 fully saturated rings. The molecule has 0 spiro atoms. The molecule has 1 amide bonds. The van der Waals surface area contributed by atoms with Gasteiger partial charge in [-0.1, -0.05) is 12.1 Å². The Morgan fingerprint density at radius 1 is 1.43 bits per heavy atom. The molecule has 1 aliphatic rings. The van der Waals surface area contributed by atoms with E-state index in [0.717, 1.165) is 0 Å². The number of amides is 1. The van der Waals surface area contributed by atoms with Crippen molar-refractivity contribution in [2.24, 2.45) is 0 Å². The Morgan fingerprint density at radius 3 is 2.87 bits per heavy atom. The Balaban J connectivity index is 0.00000264. The highest BCUT2D eigenvalue weighted by Crippen LogP contribution is 2.22. The van der Waals surface area contributed by atoms with E-state index in [1.165, 1.54) is 6.07 Å². The average Bonchev–Trinajstić information content (AvgIpc) is 2.52. The minimum absolute atomic E-state index is 0. The number of nitrogens with one attached hydrogen (secondary N) is 3. The lowest BCUT2D eigenvalue weighted by Gasteiger charge is -2.29. The summed E-state index contributed by atoms with van der Waals surface area (Å²) >= 11 is 0. The predicted molar refractivity (Wildman–Crippen MR) is 89.0 cm³/mol. The van der Waals surface area contributed by atoms with E-state index in [1.54, 1.807) is 18.2 Å². The van der Waals surface area contributed by atoms with Crippen molar-refractivity contribution in [2.45, 2.75) is 19.1 Å². The van der Waals surface area contributed by atoms with Crippen molar-refractivity contribution in [3.05, 3.63) is 34.4 Å². The molecule has 1 saturated heterocycles. The summed E-state index contributed by atoms with van der Waals surface area (Å²) in [6.45, 7) is 3.87. The summed E-state index contributed by atoms with van der Waals surface area (Å²) in [7, 11) is 0. The fourth-order valence-corrected chi connectivity index (χ4v) is 2.30. The lowest BCUT2D eigenvalue weighted by atomic mass is 10.1. The van der Waals surface area contributed by atoms with E-state index in [4.69, 9.17) is 4.74 Å². The molecule has 9 heteroatoms. The van der Waals surface area contributed by atoms with Crippen molar-refractivity contribution in [3.63, 3.8) is 0 Å². The molecule has 23 heavy (non-hydrogen) atoms. The first-order chi connectivity index (χ1) is 10.6. The van der Waals surface area contributed by atoms with Gasteiger partial charge in [-0.25, -0.2) is 0 Å². The number of anilines is 1. The average molecular weight is 345 g/mol. The normalized spacial score (nSPS) is 20.2. The number of rotatable bonds is 6. The van der Waals surface area contributed by atoms with E-state index < -0.39 is 4.92 Å². The number of nitro benzene ring substituents is 1. The highest BCUT2D eigenvalue weighted by atomic mass is 35.5. The summed E-state index contributed by atoms with van der Waals surface area (Å²) < 4.78 is 5.42. The van der Waals surface area contributed by atoms with Crippen molar-refractivity contribution in [1.82, 2.24) is 10.6 Å². The Labute approximate surface area is 140 Å². The second kappa shape index (κ2) is 9.29. The zero-order valence-electron chi connectivity index (χ0n) is 12.8. The van der Waals surface area contributed by atoms with Gasteiger partial charge in [-0.15, -0.1) is 12.4 Å². The van der Waals surface area contributed by atoms with Crippen LogP contribution < -0.4 is 16.0 Å². The molecule has 0 aliphatic carbocycles. The molecular weight excluding hydrogens is 324 g/mol. The van der Waals surface area contributed by atoms with Gasteiger partial charge in [0.2, 0.25) is 5.91 Å². The fourth-order valence-electron chi connectivity index (χ4n) is 2.30. The fraction of sp³-hybridized carbons (Fsp3) is 0.500. The maximum atomic E-state index is 12.0. The Morgan fingerprint density at radius 2 is 2.17 bits per heavy atom. The molecule has 0 aromatic heterocycles. The number of benzene rings is 1. The first kappa shape index (κ1) is 19.1. The first-order valence-corrected chi connectivity index (χ1v) is 7.19. The van der Waals surface area contributed by atoms with Gasteiger partial charge in [0, 0.05) is 25.7 Å². The molecule has 0 radical (unpaired) electrons. The maximum absolute atomic E-state index is 12.0. The van der Waals surface area contributed by atoms with Crippen molar-refractivity contribution in [1.29, 1.82) is 0 Å². The minimum Gasteiger partial charge on any atom is -0.378 e. The SMILES string of the molecule is C[C@H]1OCCN[C@@H]1C(=O)NCCNc1ccccc1[N+](=O)[O-].Cl. The van der Waals surface area contributed by atoms with E-state index in [2.05, 4.69) is 16.0 Å². The topological polar surface area (TPSA) is 106 Å². The van der Waals surface area contributed by atoms with Gasteiger partial charge < -0.3 is 20.7 Å². The van der Waals surface area contributed by atoms with Gasteiger partial charge in [0.15, 0.2) is 0 Å². The van der Waals surface area contributed by atoms with Crippen molar-refractivity contribution in [2.75, 3.05) is 31.6 Å². The van der Waals surface area contributed by atoms with Gasteiger partial charge >= 0.3 is 0 Å². The van der Waals surface area contributed by atoms with Crippen molar-refractivity contribution >= 4 is 29.7 Å². The molecule has 8 nitrogen and oxygen atoms in total. The number of carbonyl (C=O) groups is 1. The van der Waals surface area contributed by atoms with Gasteiger partial charge in [-0.3, -0.25) is 14.9 Å². The third-order valence-electron chi connectivity index (χ3n) is 3.44. The number of carbonyl (C=O) groups excluding carboxylic acids is 1. The lowest BCUT2D eigenvalue weighted by molar-refractivity contribution is -0.384. The molecule has 128 valence electrons. The van der Waals surface area contributed by atoms with Crippen LogP contribution in [-0.4, -0.2) is 49.2 Å². The summed E-state index contributed by atoms with van der Waals surface area (Å²) in [6.07, 6.45) is -0.170. The van der Waals surface area contributed by atoms with Gasteiger partial charge in [0.25, 0.3) is 5.69 Å². The third kappa shape index (κ3) is 5.34. The molecule has 1 heterocycles. The number of hydrogen-bond donors (Lipinski definition) is 3. The van der Waals surface area contributed by atoms with E-state index >= 15 is 0 Å². The summed E-state index contributed by atoms with van der Waals surface area (Å²) in [5.41, 5.74) is 0.457. The number of hydrogen-bond acceptors (Lipinski definition) is 6. The summed E-state index contributed by atoms with van der Waals surface area (Å²) in [5.74, 6) is -0.128. The van der Waals surface area contributed by atoms with Gasteiger partial charge in [-0.05, 0) is 13.0 Å². The molecule has 1 aromatic rings. The molecule has 0 bridgehead atoms. The van der Waals surface area contributed by atoms with Crippen molar-refractivity contribution < 1.29 is 14.5 Å². The molecule has 3 N–H and O–H groups in total. The zero-order valence-corrected chi connectivity index (χ0v) is 13.6.